The van der Waals surface area contributed by atoms with Crippen molar-refractivity contribution in [2.45, 2.75) is 71.9 Å². The molecule has 2 aromatic heterocycles. The first-order chi connectivity index (χ1) is 16.1. The van der Waals surface area contributed by atoms with Gasteiger partial charge in [0, 0.05) is 17.3 Å². The molecule has 0 spiro atoms. The van der Waals surface area contributed by atoms with Crippen molar-refractivity contribution >= 4 is 27.7 Å². The number of aryl methyl sites for hydroxylation is 1. The zero-order valence-electron chi connectivity index (χ0n) is 21.0. The van der Waals surface area contributed by atoms with Gasteiger partial charge in [0.1, 0.15) is 11.4 Å². The molecule has 0 aliphatic carbocycles. The van der Waals surface area contributed by atoms with Crippen LogP contribution in [0.1, 0.15) is 70.1 Å². The largest absolute Gasteiger partial charge is 0.420 e. The van der Waals surface area contributed by atoms with E-state index in [0.717, 1.165) is 16.6 Å². The third kappa shape index (κ3) is 8.74. The predicted octanol–water partition coefficient (Wildman–Crippen LogP) is 7.85. The first kappa shape index (κ1) is 30.2. The molecule has 0 radical (unpaired) electrons. The van der Waals surface area contributed by atoms with Gasteiger partial charge in [0.05, 0.1) is 39.5 Å². The fraction of sp³-hybridized carbons (Fsp3) is 0.520. The molecular formula is C25H35F3N2O2S2. The molecule has 0 fully saturated rings. The van der Waals surface area contributed by atoms with Crippen molar-refractivity contribution in [2.75, 3.05) is 19.5 Å². The summed E-state index contributed by atoms with van der Waals surface area (Å²) in [6.07, 6.45) is 4.98. The molecular weight excluding hydrogens is 481 g/mol. The molecule has 2 aromatic rings. The maximum atomic E-state index is 13.3. The number of nitrogens with zero attached hydrogens (tertiary/aromatic N) is 2. The summed E-state index contributed by atoms with van der Waals surface area (Å²) in [5.74, 6) is 0.252. The summed E-state index contributed by atoms with van der Waals surface area (Å²) in [7, 11) is -1.32. The van der Waals surface area contributed by atoms with Crippen molar-refractivity contribution in [3.05, 3.63) is 46.3 Å². The highest BCUT2D eigenvalue weighted by atomic mass is 32.2. The van der Waals surface area contributed by atoms with Gasteiger partial charge < -0.3 is 4.74 Å². The van der Waals surface area contributed by atoms with Crippen molar-refractivity contribution < 1.29 is 22.1 Å². The summed E-state index contributed by atoms with van der Waals surface area (Å²) >= 11 is 1.18. The number of ether oxygens (including phenoxy) is 1. The highest BCUT2D eigenvalue weighted by Gasteiger charge is 2.36. The quantitative estimate of drug-likeness (QED) is 0.380. The van der Waals surface area contributed by atoms with Crippen molar-refractivity contribution in [3.8, 4) is 10.6 Å². The van der Waals surface area contributed by atoms with Gasteiger partial charge >= 0.3 is 6.18 Å². The van der Waals surface area contributed by atoms with E-state index in [1.807, 2.05) is 19.9 Å². The van der Waals surface area contributed by atoms with Crippen molar-refractivity contribution in [1.29, 1.82) is 0 Å². The number of aromatic nitrogens is 2. The smallest absolute Gasteiger partial charge is 0.377 e. The molecule has 0 saturated carbocycles. The minimum absolute atomic E-state index is 0.171. The molecule has 3 rings (SSSR count). The molecule has 0 amide bonds. The van der Waals surface area contributed by atoms with Crippen molar-refractivity contribution in [1.82, 2.24) is 9.97 Å². The fourth-order valence-electron chi connectivity index (χ4n) is 3.07. The predicted molar refractivity (Wildman–Crippen MR) is 137 cm³/mol. The molecule has 1 atom stereocenters. The minimum atomic E-state index is -4.56. The molecule has 0 bridgehead atoms. The molecule has 9 heteroatoms. The number of hydrogen-bond donors (Lipinski definition) is 0. The SMILES string of the molecule is C/C=C(\C)CCC.CC.Cc1ncc(C(F)(F)F)c(-c2cc(S(C)=O)c(C3=CCOCC3)s2)n1. The fourth-order valence-corrected chi connectivity index (χ4v) is 5.42. The van der Waals surface area contributed by atoms with E-state index in [1.54, 1.807) is 6.07 Å². The Morgan fingerprint density at radius 3 is 2.47 bits per heavy atom. The monoisotopic (exact) mass is 516 g/mol. The van der Waals surface area contributed by atoms with Crippen LogP contribution in [0.3, 0.4) is 0 Å². The summed E-state index contributed by atoms with van der Waals surface area (Å²) in [6.45, 7) is 13.0. The Morgan fingerprint density at radius 1 is 1.32 bits per heavy atom. The van der Waals surface area contributed by atoms with Crippen LogP contribution >= 0.6 is 11.3 Å². The Labute approximate surface area is 207 Å². The lowest BCUT2D eigenvalue weighted by molar-refractivity contribution is -0.137. The van der Waals surface area contributed by atoms with E-state index < -0.39 is 22.5 Å². The second-order valence-electron chi connectivity index (χ2n) is 7.37. The lowest BCUT2D eigenvalue weighted by Crippen LogP contribution is -2.09. The molecule has 0 aromatic carbocycles. The van der Waals surface area contributed by atoms with Crippen LogP contribution < -0.4 is 0 Å². The second-order valence-corrected chi connectivity index (χ2v) is 9.77. The van der Waals surface area contributed by atoms with Crippen LogP contribution in [0.15, 0.2) is 34.9 Å². The third-order valence-electron chi connectivity index (χ3n) is 4.85. The van der Waals surface area contributed by atoms with Gasteiger partial charge in [0.15, 0.2) is 0 Å². The summed E-state index contributed by atoms with van der Waals surface area (Å²) < 4.78 is 57.4. The Kier molecular flexibility index (Phi) is 12.9. The van der Waals surface area contributed by atoms with Crippen LogP contribution in [-0.4, -0.2) is 33.6 Å². The summed E-state index contributed by atoms with van der Waals surface area (Å²) in [5.41, 5.74) is 1.39. The van der Waals surface area contributed by atoms with Crippen molar-refractivity contribution in [3.63, 3.8) is 0 Å². The van der Waals surface area contributed by atoms with Crippen LogP contribution in [0.2, 0.25) is 0 Å². The molecule has 4 nitrogen and oxygen atoms in total. The Balaban J connectivity index is 0.000000553. The zero-order valence-corrected chi connectivity index (χ0v) is 22.6. The van der Waals surface area contributed by atoms with E-state index in [0.29, 0.717) is 29.4 Å². The Morgan fingerprint density at radius 2 is 2.00 bits per heavy atom. The highest BCUT2D eigenvalue weighted by Crippen LogP contribution is 2.42. The zero-order chi connectivity index (χ0) is 25.9. The first-order valence-electron chi connectivity index (χ1n) is 11.4. The molecule has 1 aliphatic heterocycles. The highest BCUT2D eigenvalue weighted by molar-refractivity contribution is 7.84. The van der Waals surface area contributed by atoms with E-state index in [2.05, 4.69) is 36.8 Å². The maximum absolute atomic E-state index is 13.3. The number of hydrogen-bond acceptors (Lipinski definition) is 5. The molecule has 34 heavy (non-hydrogen) atoms. The van der Waals surface area contributed by atoms with Gasteiger partial charge in [0.25, 0.3) is 0 Å². The first-order valence-corrected chi connectivity index (χ1v) is 13.7. The van der Waals surface area contributed by atoms with Crippen LogP contribution in [0.5, 0.6) is 0 Å². The van der Waals surface area contributed by atoms with E-state index >= 15 is 0 Å². The molecule has 190 valence electrons. The van der Waals surface area contributed by atoms with Gasteiger partial charge in [-0.25, -0.2) is 9.97 Å². The van der Waals surface area contributed by atoms with E-state index in [9.17, 15) is 17.4 Å². The average Bonchev–Trinajstić information content (AvgIpc) is 3.27. The van der Waals surface area contributed by atoms with Crippen LogP contribution in [0, 0.1) is 6.92 Å². The number of alkyl halides is 3. The summed E-state index contributed by atoms with van der Waals surface area (Å²) in [6, 6.07) is 1.55. The van der Waals surface area contributed by atoms with Gasteiger partial charge in [-0.05, 0) is 45.3 Å². The number of rotatable bonds is 5. The van der Waals surface area contributed by atoms with Crippen LogP contribution in [0.25, 0.3) is 16.1 Å². The standard InChI is InChI=1S/C16H15F3N2O2S2.C7H14.C2H6/c1-9-20-8-11(16(17,18)19)14(21-9)12-7-13(25(2)22)15(24-12)10-3-5-23-6-4-10;1-4-6-7(3)5-2;1-2/h3,7-8H,4-6H2,1-2H3;5H,4,6H2,1-3H3;1-2H3/b;7-5+;. The lowest BCUT2D eigenvalue weighted by Gasteiger charge is -2.13. The van der Waals surface area contributed by atoms with E-state index in [4.69, 9.17) is 4.74 Å². The van der Waals surface area contributed by atoms with Crippen molar-refractivity contribution in [2.24, 2.45) is 0 Å². The van der Waals surface area contributed by atoms with E-state index in [1.165, 1.54) is 42.9 Å². The summed E-state index contributed by atoms with van der Waals surface area (Å²) in [4.78, 5) is 9.28. The van der Waals surface area contributed by atoms with Crippen LogP contribution in [-0.2, 0) is 21.7 Å². The van der Waals surface area contributed by atoms with Gasteiger partial charge in [-0.2, -0.15) is 13.2 Å². The summed E-state index contributed by atoms with van der Waals surface area (Å²) in [5, 5.41) is 0. The lowest BCUT2D eigenvalue weighted by atomic mass is 10.1. The number of allylic oxidation sites excluding steroid dienone is 2. The number of halogens is 3. The molecule has 1 unspecified atom stereocenters. The van der Waals surface area contributed by atoms with Gasteiger partial charge in [0.2, 0.25) is 0 Å². The Hall–Kier alpha value is -1.84. The van der Waals surface area contributed by atoms with Gasteiger partial charge in [-0.3, -0.25) is 4.21 Å². The molecule has 3 heterocycles. The van der Waals surface area contributed by atoms with Gasteiger partial charge in [-0.1, -0.05) is 44.9 Å². The van der Waals surface area contributed by atoms with E-state index in [-0.39, 0.29) is 11.5 Å². The second kappa shape index (κ2) is 14.5. The average molecular weight is 517 g/mol. The maximum Gasteiger partial charge on any atom is 0.420 e. The van der Waals surface area contributed by atoms with Crippen LogP contribution in [0.4, 0.5) is 13.2 Å². The number of thiophene rings is 1. The Bertz CT molecular complexity index is 1010. The molecule has 0 N–H and O–H groups in total. The van der Waals surface area contributed by atoms with Gasteiger partial charge in [-0.15, -0.1) is 11.3 Å². The minimum Gasteiger partial charge on any atom is -0.377 e. The molecule has 0 saturated heterocycles. The third-order valence-corrected chi connectivity index (χ3v) is 7.14. The normalized spacial score (nSPS) is 14.9. The topological polar surface area (TPSA) is 52.1 Å². The molecule has 1 aliphatic rings.